The number of nitrogens with two attached hydrogens (primary N) is 1. The van der Waals surface area contributed by atoms with Gasteiger partial charge < -0.3 is 15.5 Å². The summed E-state index contributed by atoms with van der Waals surface area (Å²) in [5, 5.41) is 0. The van der Waals surface area contributed by atoms with Gasteiger partial charge in [-0.1, -0.05) is 30.3 Å². The van der Waals surface area contributed by atoms with Gasteiger partial charge in [0.05, 0.1) is 19.2 Å². The van der Waals surface area contributed by atoms with E-state index in [1.54, 1.807) is 24.3 Å². The van der Waals surface area contributed by atoms with E-state index in [9.17, 15) is 22.8 Å². The lowest BCUT2D eigenvalue weighted by atomic mass is 10.1. The summed E-state index contributed by atoms with van der Waals surface area (Å²) in [4.78, 5) is 35.8. The Labute approximate surface area is 178 Å². The second kappa shape index (κ2) is 7.84. The third kappa shape index (κ3) is 3.92. The molecule has 4 rings (SSSR count). The number of halogens is 3. The maximum absolute atomic E-state index is 12.8. The molecule has 0 bridgehead atoms. The van der Waals surface area contributed by atoms with Gasteiger partial charge in [0.15, 0.2) is 17.2 Å². The molecule has 0 aliphatic carbocycles. The van der Waals surface area contributed by atoms with E-state index >= 15 is 0 Å². The minimum absolute atomic E-state index is 0.00334. The lowest BCUT2D eigenvalue weighted by Gasteiger charge is -2.10. The minimum Gasteiger partial charge on any atom is -0.495 e. The number of nitrogens with one attached hydrogen (secondary N) is 1. The molecule has 8 nitrogen and oxygen atoms in total. The van der Waals surface area contributed by atoms with Crippen LogP contribution in [0.1, 0.15) is 16.1 Å². The molecule has 3 N–H and O–H groups in total. The molecule has 0 saturated carbocycles. The molecule has 4 aromatic rings. The minimum atomic E-state index is -4.40. The molecule has 2 aromatic heterocycles. The number of imidazole rings is 1. The Kier molecular flexibility index (Phi) is 5.17. The van der Waals surface area contributed by atoms with Gasteiger partial charge in [0.1, 0.15) is 11.3 Å². The van der Waals surface area contributed by atoms with Gasteiger partial charge in [0.25, 0.3) is 5.91 Å². The van der Waals surface area contributed by atoms with Crippen LogP contribution < -0.4 is 16.2 Å². The van der Waals surface area contributed by atoms with Gasteiger partial charge in [-0.3, -0.25) is 4.79 Å². The number of carbonyl (C=O) groups excluding carboxylic acids is 1. The number of ether oxygens (including phenoxy) is 1. The zero-order chi connectivity index (χ0) is 23.0. The average Bonchev–Trinajstić information content (AvgIpc) is 3.07. The fourth-order valence-electron chi connectivity index (χ4n) is 3.38. The zero-order valence-electron chi connectivity index (χ0n) is 16.6. The first-order chi connectivity index (χ1) is 15.2. The number of benzene rings is 2. The number of H-pyrrole nitrogens is 1. The number of para-hydroxylation sites is 2. The Hall–Kier alpha value is -4.15. The number of nitrogens with zero attached hydrogens (tertiary/aromatic N) is 3. The zero-order valence-corrected chi connectivity index (χ0v) is 16.6. The number of primary amides is 1. The molecule has 0 aliphatic heterocycles. The van der Waals surface area contributed by atoms with E-state index in [4.69, 9.17) is 10.5 Å². The van der Waals surface area contributed by atoms with Gasteiger partial charge in [-0.15, -0.1) is 0 Å². The third-order valence-corrected chi connectivity index (χ3v) is 4.69. The number of amides is 1. The largest absolute Gasteiger partial charge is 0.495 e. The Morgan fingerprint density at radius 1 is 1.16 bits per heavy atom. The number of carbonyl (C=O) groups is 1. The highest BCUT2D eigenvalue weighted by molar-refractivity contribution is 6.02. The van der Waals surface area contributed by atoms with E-state index in [1.807, 2.05) is 0 Å². The SMILES string of the molecule is COc1ccccc1-n1c(=O)[nH]c2c(C(N)=O)nc(-c3cccc(CC(F)(F)F)c3)nc21. The van der Waals surface area contributed by atoms with Crippen molar-refractivity contribution in [3.8, 4) is 22.8 Å². The first-order valence-corrected chi connectivity index (χ1v) is 9.30. The molecule has 2 aromatic carbocycles. The highest BCUT2D eigenvalue weighted by Gasteiger charge is 2.28. The highest BCUT2D eigenvalue weighted by Crippen LogP contribution is 2.28. The Bertz CT molecular complexity index is 1390. The fourth-order valence-corrected chi connectivity index (χ4v) is 3.38. The molecular weight excluding hydrogens is 427 g/mol. The summed E-state index contributed by atoms with van der Waals surface area (Å²) in [6.07, 6.45) is -5.53. The number of methoxy groups -OCH3 is 1. The van der Waals surface area contributed by atoms with Crippen molar-refractivity contribution in [2.45, 2.75) is 12.6 Å². The highest BCUT2D eigenvalue weighted by atomic mass is 19.4. The molecule has 0 aliphatic rings. The van der Waals surface area contributed by atoms with Crippen LogP contribution in [0, 0.1) is 0 Å². The van der Waals surface area contributed by atoms with Crippen LogP contribution in [-0.2, 0) is 6.42 Å². The van der Waals surface area contributed by atoms with Crippen LogP contribution in [-0.4, -0.2) is 38.7 Å². The fraction of sp³-hybridized carbons (Fsp3) is 0.143. The molecule has 32 heavy (non-hydrogen) atoms. The predicted octanol–water partition coefficient (Wildman–Crippen LogP) is 2.99. The first-order valence-electron chi connectivity index (χ1n) is 9.30. The van der Waals surface area contributed by atoms with Crippen LogP contribution >= 0.6 is 0 Å². The quantitative estimate of drug-likeness (QED) is 0.492. The van der Waals surface area contributed by atoms with Crippen LogP contribution in [0.2, 0.25) is 0 Å². The van der Waals surface area contributed by atoms with Gasteiger partial charge in [-0.25, -0.2) is 19.3 Å². The molecule has 11 heteroatoms. The van der Waals surface area contributed by atoms with Crippen LogP contribution in [0.15, 0.2) is 53.3 Å². The lowest BCUT2D eigenvalue weighted by Crippen LogP contribution is -2.16. The van der Waals surface area contributed by atoms with Crippen LogP contribution in [0.3, 0.4) is 0 Å². The summed E-state index contributed by atoms with van der Waals surface area (Å²) in [6, 6.07) is 12.2. The van der Waals surface area contributed by atoms with Crippen LogP contribution in [0.5, 0.6) is 5.75 Å². The summed E-state index contributed by atoms with van der Waals surface area (Å²) in [7, 11) is 1.43. The van der Waals surface area contributed by atoms with Crippen molar-refractivity contribution in [1.82, 2.24) is 19.5 Å². The molecule has 0 atom stereocenters. The van der Waals surface area contributed by atoms with Gasteiger partial charge in [-0.2, -0.15) is 13.2 Å². The van der Waals surface area contributed by atoms with Crippen molar-refractivity contribution in [2.24, 2.45) is 5.73 Å². The van der Waals surface area contributed by atoms with Gasteiger partial charge >= 0.3 is 11.9 Å². The molecule has 0 spiro atoms. The summed E-state index contributed by atoms with van der Waals surface area (Å²) in [5.41, 5.74) is 5.18. The second-order valence-corrected chi connectivity index (χ2v) is 6.89. The number of hydrogen-bond acceptors (Lipinski definition) is 5. The normalized spacial score (nSPS) is 11.6. The number of rotatable bonds is 5. The summed E-state index contributed by atoms with van der Waals surface area (Å²) in [5.74, 6) is -0.625. The smallest absolute Gasteiger partial charge is 0.393 e. The van der Waals surface area contributed by atoms with E-state index in [0.29, 0.717) is 11.4 Å². The summed E-state index contributed by atoms with van der Waals surface area (Å²) >= 11 is 0. The van der Waals surface area contributed by atoms with Crippen molar-refractivity contribution in [3.63, 3.8) is 0 Å². The van der Waals surface area contributed by atoms with Crippen LogP contribution in [0.4, 0.5) is 13.2 Å². The summed E-state index contributed by atoms with van der Waals surface area (Å²) in [6.45, 7) is 0. The molecule has 0 unspecified atom stereocenters. The maximum Gasteiger partial charge on any atom is 0.393 e. The molecule has 2 heterocycles. The lowest BCUT2D eigenvalue weighted by molar-refractivity contribution is -0.127. The molecule has 0 radical (unpaired) electrons. The van der Waals surface area contributed by atoms with Crippen molar-refractivity contribution in [2.75, 3.05) is 7.11 Å². The van der Waals surface area contributed by atoms with E-state index in [2.05, 4.69) is 15.0 Å². The maximum atomic E-state index is 12.8. The molecule has 164 valence electrons. The van der Waals surface area contributed by atoms with Gasteiger partial charge in [0.2, 0.25) is 0 Å². The monoisotopic (exact) mass is 443 g/mol. The molecule has 0 saturated heterocycles. The molecule has 0 fully saturated rings. The van der Waals surface area contributed by atoms with E-state index in [-0.39, 0.29) is 33.8 Å². The van der Waals surface area contributed by atoms with Crippen molar-refractivity contribution >= 4 is 17.1 Å². The molecule has 1 amide bonds. The number of hydrogen-bond donors (Lipinski definition) is 2. The number of aromatic amines is 1. The number of fused-ring (bicyclic) bond motifs is 1. The van der Waals surface area contributed by atoms with Gasteiger partial charge in [0, 0.05) is 5.56 Å². The van der Waals surface area contributed by atoms with E-state index < -0.39 is 24.2 Å². The Morgan fingerprint density at radius 3 is 2.59 bits per heavy atom. The molecular formula is C21H16F3N5O3. The summed E-state index contributed by atoms with van der Waals surface area (Å²) < 4.78 is 45.0. The topological polar surface area (TPSA) is 116 Å². The van der Waals surface area contributed by atoms with E-state index in [1.165, 1.54) is 35.9 Å². The van der Waals surface area contributed by atoms with Crippen molar-refractivity contribution in [3.05, 3.63) is 70.3 Å². The Balaban J connectivity index is 1.98. The standard InChI is InChI=1S/C21H16F3N5O3/c1-32-14-8-3-2-7-13(14)29-19-16(27-20(29)31)15(17(25)30)26-18(28-19)12-6-4-5-11(9-12)10-21(22,23)24/h2-9H,10H2,1H3,(H2,25,30)(H,27,31). The van der Waals surface area contributed by atoms with E-state index in [0.717, 1.165) is 0 Å². The first kappa shape index (κ1) is 21.1. The van der Waals surface area contributed by atoms with Gasteiger partial charge in [-0.05, 0) is 23.8 Å². The Morgan fingerprint density at radius 2 is 1.91 bits per heavy atom. The van der Waals surface area contributed by atoms with Crippen molar-refractivity contribution in [1.29, 1.82) is 0 Å². The number of aromatic nitrogens is 4. The van der Waals surface area contributed by atoms with Crippen molar-refractivity contribution < 1.29 is 22.7 Å². The predicted molar refractivity (Wildman–Crippen MR) is 110 cm³/mol. The van der Waals surface area contributed by atoms with Crippen LogP contribution in [0.25, 0.3) is 28.2 Å². The number of alkyl halides is 3. The average molecular weight is 443 g/mol. The third-order valence-electron chi connectivity index (χ3n) is 4.69. The second-order valence-electron chi connectivity index (χ2n) is 6.89.